The normalized spacial score (nSPS) is 32.4. The number of aliphatic hydroxyl groups is 5. The summed E-state index contributed by atoms with van der Waals surface area (Å²) in [6, 6.07) is 3.96. The fourth-order valence-corrected chi connectivity index (χ4v) is 4.78. The fraction of sp³-hybridized carbons (Fsp3) is 0.684. The van der Waals surface area contributed by atoms with Crippen LogP contribution in [0.3, 0.4) is 0 Å². The fourth-order valence-electron chi connectivity index (χ4n) is 3.47. The van der Waals surface area contributed by atoms with E-state index in [1.54, 1.807) is 0 Å². The quantitative estimate of drug-likeness (QED) is 0.253. The van der Waals surface area contributed by atoms with Crippen molar-refractivity contribution in [3.8, 4) is 0 Å². The highest BCUT2D eigenvalue weighted by Crippen LogP contribution is 2.28. The third-order valence-electron chi connectivity index (χ3n) is 5.40. The second-order valence-corrected chi connectivity index (χ2v) is 9.36. The first-order valence-electron chi connectivity index (χ1n) is 9.76. The van der Waals surface area contributed by atoms with Crippen LogP contribution in [0.2, 0.25) is 0 Å². The van der Waals surface area contributed by atoms with Gasteiger partial charge in [-0.15, -0.1) is 0 Å². The van der Waals surface area contributed by atoms with Gasteiger partial charge in [-0.3, -0.25) is 0 Å². The molecule has 8 nitrogen and oxygen atoms in total. The van der Waals surface area contributed by atoms with E-state index in [4.69, 9.17) is 21.1 Å². The Bertz CT molecular complexity index is 645. The summed E-state index contributed by atoms with van der Waals surface area (Å²) in [5.41, 5.74) is 7.93. The van der Waals surface area contributed by atoms with Crippen molar-refractivity contribution in [3.05, 3.63) is 26.6 Å². The summed E-state index contributed by atoms with van der Waals surface area (Å²) in [5.74, 6) is 0. The maximum Gasteiger partial charge on any atom is 0.109 e. The Labute approximate surface area is 187 Å². The van der Waals surface area contributed by atoms with Gasteiger partial charge in [0.15, 0.2) is 0 Å². The molecule has 0 radical (unpaired) electrons. The highest BCUT2D eigenvalue weighted by atomic mass is 79.9. The van der Waals surface area contributed by atoms with Crippen LogP contribution in [0.4, 0.5) is 5.69 Å². The number of β-amino-alcohol motifs (C(OH)–C–C–N with tert-alkyl or cyclic N) is 1. The maximum atomic E-state index is 9.47. The standard InChI is InChI=1S/C13H18Br2N2O.C6H13NO4/c14-9-5-8(13(16)12(15)6-9)7-17-10-1-3-11(18)4-2-10;8-2-3-5(10)6(11)4(9)1-7-3/h5-6,10-11,17-18H,1-4,7,16H2;3-11H,1-2H2/t;3-,4+,5+,6-/m.1/s1. The minimum atomic E-state index is -1.16. The monoisotopic (exact) mass is 539 g/mol. The van der Waals surface area contributed by atoms with Crippen molar-refractivity contribution in [1.82, 2.24) is 10.6 Å². The minimum absolute atomic E-state index is 0.104. The molecule has 0 spiro atoms. The van der Waals surface area contributed by atoms with Crippen molar-refractivity contribution in [2.75, 3.05) is 18.9 Å². The molecular formula is C19H31Br2N3O5. The molecule has 1 aliphatic carbocycles. The molecule has 29 heavy (non-hydrogen) atoms. The lowest BCUT2D eigenvalue weighted by atomic mass is 9.93. The molecule has 166 valence electrons. The van der Waals surface area contributed by atoms with E-state index < -0.39 is 24.4 Å². The lowest BCUT2D eigenvalue weighted by Crippen LogP contribution is -2.60. The molecule has 4 atom stereocenters. The average molecular weight is 541 g/mol. The average Bonchev–Trinajstić information content (AvgIpc) is 2.70. The first-order valence-corrected chi connectivity index (χ1v) is 11.3. The Morgan fingerprint density at radius 2 is 1.69 bits per heavy atom. The molecule has 1 saturated carbocycles. The molecule has 1 aliphatic heterocycles. The molecule has 1 aromatic carbocycles. The van der Waals surface area contributed by atoms with Gasteiger partial charge in [0.1, 0.15) is 6.10 Å². The highest BCUT2D eigenvalue weighted by Gasteiger charge is 2.35. The van der Waals surface area contributed by atoms with Gasteiger partial charge in [-0.25, -0.2) is 0 Å². The summed E-state index contributed by atoms with van der Waals surface area (Å²) in [5, 5.41) is 51.6. The van der Waals surface area contributed by atoms with Crippen LogP contribution in [0.25, 0.3) is 0 Å². The minimum Gasteiger partial charge on any atom is -0.398 e. The molecule has 0 bridgehead atoms. The zero-order valence-electron chi connectivity index (χ0n) is 16.1. The largest absolute Gasteiger partial charge is 0.398 e. The Morgan fingerprint density at radius 3 is 2.31 bits per heavy atom. The van der Waals surface area contributed by atoms with E-state index >= 15 is 0 Å². The van der Waals surface area contributed by atoms with Crippen molar-refractivity contribution in [3.63, 3.8) is 0 Å². The van der Waals surface area contributed by atoms with Gasteiger partial charge in [0.2, 0.25) is 0 Å². The number of piperidine rings is 1. The lowest BCUT2D eigenvalue weighted by molar-refractivity contribution is -0.101. The summed E-state index contributed by atoms with van der Waals surface area (Å²) < 4.78 is 1.95. The van der Waals surface area contributed by atoms with Gasteiger partial charge in [0, 0.05) is 28.1 Å². The molecule has 2 aliphatic rings. The van der Waals surface area contributed by atoms with Crippen LogP contribution in [-0.4, -0.2) is 75.2 Å². The Morgan fingerprint density at radius 1 is 1.03 bits per heavy atom. The molecule has 9 N–H and O–H groups in total. The predicted molar refractivity (Wildman–Crippen MR) is 118 cm³/mol. The molecule has 10 heteroatoms. The molecule has 0 aromatic heterocycles. The van der Waals surface area contributed by atoms with E-state index in [9.17, 15) is 10.2 Å². The third-order valence-corrected chi connectivity index (χ3v) is 6.51. The van der Waals surface area contributed by atoms with Gasteiger partial charge in [0.05, 0.1) is 36.6 Å². The summed E-state index contributed by atoms with van der Waals surface area (Å²) >= 11 is 6.93. The molecule has 0 unspecified atom stereocenters. The summed E-state index contributed by atoms with van der Waals surface area (Å²) in [6.45, 7) is 0.721. The van der Waals surface area contributed by atoms with E-state index in [0.29, 0.717) is 6.04 Å². The van der Waals surface area contributed by atoms with Gasteiger partial charge in [-0.1, -0.05) is 15.9 Å². The first-order chi connectivity index (χ1) is 13.7. The molecule has 1 heterocycles. The van der Waals surface area contributed by atoms with Crippen LogP contribution in [0.1, 0.15) is 31.2 Å². The van der Waals surface area contributed by atoms with Crippen LogP contribution < -0.4 is 16.4 Å². The van der Waals surface area contributed by atoms with Gasteiger partial charge in [-0.2, -0.15) is 0 Å². The van der Waals surface area contributed by atoms with E-state index in [0.717, 1.165) is 52.4 Å². The van der Waals surface area contributed by atoms with Crippen LogP contribution in [0, 0.1) is 0 Å². The number of nitrogens with two attached hydrogens (primary N) is 1. The van der Waals surface area contributed by atoms with Crippen molar-refractivity contribution in [2.45, 2.75) is 68.7 Å². The predicted octanol–water partition coefficient (Wildman–Crippen LogP) is 0.220. The van der Waals surface area contributed by atoms with Crippen LogP contribution >= 0.6 is 31.9 Å². The Hall–Kier alpha value is -0.300. The summed E-state index contributed by atoms with van der Waals surface area (Å²) in [4.78, 5) is 0. The summed E-state index contributed by atoms with van der Waals surface area (Å²) in [6.07, 6.45) is 0.565. The summed E-state index contributed by atoms with van der Waals surface area (Å²) in [7, 11) is 0. The highest BCUT2D eigenvalue weighted by molar-refractivity contribution is 9.11. The number of hydrogen-bond acceptors (Lipinski definition) is 8. The molecule has 0 amide bonds. The number of nitrogen functional groups attached to an aromatic ring is 1. The third kappa shape index (κ3) is 7.41. The number of halogens is 2. The molecule has 1 saturated heterocycles. The second kappa shape index (κ2) is 11.9. The van der Waals surface area contributed by atoms with Crippen molar-refractivity contribution >= 4 is 37.5 Å². The SMILES string of the molecule is Nc1c(Br)cc(Br)cc1CNC1CCC(O)CC1.OC[C@H]1NC[C@H](O)[C@@H](O)[C@H]1O. The van der Waals surface area contributed by atoms with Crippen LogP contribution in [0.15, 0.2) is 21.1 Å². The Kier molecular flexibility index (Phi) is 10.3. The van der Waals surface area contributed by atoms with Gasteiger partial charge in [-0.05, 0) is 59.3 Å². The van der Waals surface area contributed by atoms with Crippen LogP contribution in [0.5, 0.6) is 0 Å². The smallest absolute Gasteiger partial charge is 0.109 e. The van der Waals surface area contributed by atoms with Gasteiger partial charge >= 0.3 is 0 Å². The van der Waals surface area contributed by atoms with Crippen molar-refractivity contribution in [1.29, 1.82) is 0 Å². The number of aliphatic hydroxyl groups excluding tert-OH is 5. The number of benzene rings is 1. The number of anilines is 1. The topological polar surface area (TPSA) is 151 Å². The van der Waals surface area contributed by atoms with E-state index in [1.807, 2.05) is 12.1 Å². The van der Waals surface area contributed by atoms with E-state index in [1.165, 1.54) is 0 Å². The molecule has 1 aromatic rings. The number of hydrogen-bond donors (Lipinski definition) is 8. The molecular weight excluding hydrogens is 510 g/mol. The van der Waals surface area contributed by atoms with E-state index in [2.05, 4.69) is 42.5 Å². The Balaban J connectivity index is 0.000000234. The zero-order chi connectivity index (χ0) is 21.6. The van der Waals surface area contributed by atoms with Gasteiger partial charge < -0.3 is 41.9 Å². The lowest BCUT2D eigenvalue weighted by Gasteiger charge is -2.34. The van der Waals surface area contributed by atoms with Gasteiger partial charge in [0.25, 0.3) is 0 Å². The van der Waals surface area contributed by atoms with Crippen LogP contribution in [-0.2, 0) is 6.54 Å². The van der Waals surface area contributed by atoms with E-state index in [-0.39, 0.29) is 19.3 Å². The molecule has 3 rings (SSSR count). The zero-order valence-corrected chi connectivity index (χ0v) is 19.3. The maximum absolute atomic E-state index is 9.47. The van der Waals surface area contributed by atoms with Crippen molar-refractivity contribution in [2.24, 2.45) is 0 Å². The van der Waals surface area contributed by atoms with Crippen molar-refractivity contribution < 1.29 is 25.5 Å². The number of rotatable bonds is 4. The second-order valence-electron chi connectivity index (χ2n) is 7.59. The first kappa shape index (κ1) is 25.0. The molecule has 2 fully saturated rings. The number of nitrogens with one attached hydrogen (secondary N) is 2.